The first kappa shape index (κ1) is 12.7. The molecule has 1 N–H and O–H groups in total. The summed E-state index contributed by atoms with van der Waals surface area (Å²) in [6.07, 6.45) is 0. The first-order valence-corrected chi connectivity index (χ1v) is 6.05. The zero-order valence-corrected chi connectivity index (χ0v) is 10.5. The Morgan fingerprint density at radius 1 is 1.22 bits per heavy atom. The minimum absolute atomic E-state index is 0.0346. The fraction of sp³-hybridized carbons (Fsp3) is 0.462. The van der Waals surface area contributed by atoms with E-state index in [2.05, 4.69) is 5.32 Å². The molecule has 0 atom stereocenters. The second kappa shape index (κ2) is 6.26. The van der Waals surface area contributed by atoms with Crippen molar-refractivity contribution in [1.82, 2.24) is 10.2 Å². The Kier molecular flexibility index (Phi) is 4.41. The van der Waals surface area contributed by atoms with E-state index in [9.17, 15) is 4.79 Å². The Morgan fingerprint density at radius 3 is 2.44 bits per heavy atom. The van der Waals surface area contributed by atoms with Gasteiger partial charge in [0, 0.05) is 26.2 Å². The zero-order valence-electron chi connectivity index (χ0n) is 10.5. The number of rotatable bonds is 4. The highest BCUT2D eigenvalue weighted by Crippen LogP contribution is 2.16. The highest BCUT2D eigenvalue weighted by Gasteiger charge is 2.16. The molecular formula is C13H18N2O3. The second-order valence-electron chi connectivity index (χ2n) is 4.09. The summed E-state index contributed by atoms with van der Waals surface area (Å²) >= 11 is 0. The summed E-state index contributed by atoms with van der Waals surface area (Å²) < 4.78 is 10.5. The van der Waals surface area contributed by atoms with Crippen molar-refractivity contribution < 1.29 is 14.3 Å². The number of nitrogens with zero attached hydrogens (tertiary/aromatic N) is 1. The Labute approximate surface area is 107 Å². The molecule has 1 heterocycles. The van der Waals surface area contributed by atoms with Gasteiger partial charge in [0.05, 0.1) is 7.11 Å². The van der Waals surface area contributed by atoms with Crippen LogP contribution in [0.1, 0.15) is 0 Å². The van der Waals surface area contributed by atoms with Crippen LogP contribution in [0.5, 0.6) is 11.5 Å². The maximum atomic E-state index is 11.8. The van der Waals surface area contributed by atoms with E-state index >= 15 is 0 Å². The minimum Gasteiger partial charge on any atom is -0.497 e. The van der Waals surface area contributed by atoms with E-state index in [0.29, 0.717) is 5.75 Å². The van der Waals surface area contributed by atoms with Gasteiger partial charge < -0.3 is 19.7 Å². The fourth-order valence-corrected chi connectivity index (χ4v) is 1.82. The third-order valence-corrected chi connectivity index (χ3v) is 2.89. The Balaban J connectivity index is 1.80. The smallest absolute Gasteiger partial charge is 0.260 e. The molecule has 0 radical (unpaired) electrons. The SMILES string of the molecule is COc1ccc(OCC(=O)N2CCNCC2)cc1. The van der Waals surface area contributed by atoms with Crippen molar-refractivity contribution >= 4 is 5.91 Å². The molecule has 1 aliphatic heterocycles. The molecule has 0 aromatic heterocycles. The van der Waals surface area contributed by atoms with Crippen LogP contribution in [0.15, 0.2) is 24.3 Å². The third-order valence-electron chi connectivity index (χ3n) is 2.89. The van der Waals surface area contributed by atoms with E-state index < -0.39 is 0 Å². The van der Waals surface area contributed by atoms with Crippen LogP contribution in [0.4, 0.5) is 0 Å². The van der Waals surface area contributed by atoms with Gasteiger partial charge in [-0.05, 0) is 24.3 Å². The van der Waals surface area contributed by atoms with Gasteiger partial charge in [0.15, 0.2) is 6.61 Å². The predicted octanol–water partition coefficient (Wildman–Crippen LogP) is 0.506. The van der Waals surface area contributed by atoms with Gasteiger partial charge in [0.25, 0.3) is 5.91 Å². The van der Waals surface area contributed by atoms with E-state index in [1.165, 1.54) is 0 Å². The molecule has 2 rings (SSSR count). The third kappa shape index (κ3) is 3.37. The van der Waals surface area contributed by atoms with E-state index in [1.807, 2.05) is 17.0 Å². The number of hydrogen-bond acceptors (Lipinski definition) is 4. The van der Waals surface area contributed by atoms with Gasteiger partial charge in [-0.15, -0.1) is 0 Å². The molecule has 1 aromatic carbocycles. The van der Waals surface area contributed by atoms with Crippen LogP contribution in [0.3, 0.4) is 0 Å². The van der Waals surface area contributed by atoms with Gasteiger partial charge in [0.1, 0.15) is 11.5 Å². The zero-order chi connectivity index (χ0) is 12.8. The summed E-state index contributed by atoms with van der Waals surface area (Å²) in [5, 5.41) is 3.21. The first-order valence-electron chi connectivity index (χ1n) is 6.05. The molecule has 0 saturated carbocycles. The molecule has 5 nitrogen and oxygen atoms in total. The van der Waals surface area contributed by atoms with E-state index in [0.717, 1.165) is 31.9 Å². The van der Waals surface area contributed by atoms with E-state index in [1.54, 1.807) is 19.2 Å². The van der Waals surface area contributed by atoms with Crippen molar-refractivity contribution in [2.45, 2.75) is 0 Å². The summed E-state index contributed by atoms with van der Waals surface area (Å²) in [5.41, 5.74) is 0. The molecule has 1 fully saturated rings. The number of benzene rings is 1. The van der Waals surface area contributed by atoms with Gasteiger partial charge in [-0.1, -0.05) is 0 Å². The van der Waals surface area contributed by atoms with Crippen molar-refractivity contribution in [2.75, 3.05) is 39.9 Å². The average Bonchev–Trinajstić information content (AvgIpc) is 2.46. The molecular weight excluding hydrogens is 232 g/mol. The molecule has 1 amide bonds. The monoisotopic (exact) mass is 250 g/mol. The maximum Gasteiger partial charge on any atom is 0.260 e. The largest absolute Gasteiger partial charge is 0.497 e. The molecule has 1 aliphatic rings. The van der Waals surface area contributed by atoms with Crippen LogP contribution in [0, 0.1) is 0 Å². The van der Waals surface area contributed by atoms with E-state index in [-0.39, 0.29) is 12.5 Å². The fourth-order valence-electron chi connectivity index (χ4n) is 1.82. The number of piperazine rings is 1. The Hall–Kier alpha value is -1.75. The van der Waals surface area contributed by atoms with E-state index in [4.69, 9.17) is 9.47 Å². The molecule has 5 heteroatoms. The first-order chi connectivity index (χ1) is 8.79. The molecule has 0 spiro atoms. The topological polar surface area (TPSA) is 50.8 Å². The highest BCUT2D eigenvalue weighted by molar-refractivity contribution is 5.77. The lowest BCUT2D eigenvalue weighted by molar-refractivity contribution is -0.133. The second-order valence-corrected chi connectivity index (χ2v) is 4.09. The number of nitrogens with one attached hydrogen (secondary N) is 1. The quantitative estimate of drug-likeness (QED) is 0.845. The van der Waals surface area contributed by atoms with Crippen molar-refractivity contribution in [1.29, 1.82) is 0 Å². The molecule has 0 aliphatic carbocycles. The molecule has 0 bridgehead atoms. The lowest BCUT2D eigenvalue weighted by Crippen LogP contribution is -2.47. The molecule has 1 saturated heterocycles. The predicted molar refractivity (Wildman–Crippen MR) is 67.9 cm³/mol. The number of methoxy groups -OCH3 is 1. The molecule has 98 valence electrons. The van der Waals surface area contributed by atoms with Crippen molar-refractivity contribution in [3.8, 4) is 11.5 Å². The summed E-state index contributed by atoms with van der Waals surface area (Å²) in [7, 11) is 1.61. The van der Waals surface area contributed by atoms with Crippen LogP contribution in [-0.2, 0) is 4.79 Å². The average molecular weight is 250 g/mol. The summed E-state index contributed by atoms with van der Waals surface area (Å²) in [5.74, 6) is 1.49. The number of carbonyl (C=O) groups is 1. The van der Waals surface area contributed by atoms with Crippen LogP contribution >= 0.6 is 0 Å². The lowest BCUT2D eigenvalue weighted by Gasteiger charge is -2.27. The van der Waals surface area contributed by atoms with Crippen molar-refractivity contribution in [3.63, 3.8) is 0 Å². The van der Waals surface area contributed by atoms with Crippen LogP contribution < -0.4 is 14.8 Å². The van der Waals surface area contributed by atoms with Gasteiger partial charge in [-0.2, -0.15) is 0 Å². The normalized spacial score (nSPS) is 15.3. The van der Waals surface area contributed by atoms with Gasteiger partial charge in [-0.25, -0.2) is 0 Å². The minimum atomic E-state index is 0.0346. The molecule has 1 aromatic rings. The lowest BCUT2D eigenvalue weighted by atomic mass is 10.3. The van der Waals surface area contributed by atoms with Gasteiger partial charge in [0.2, 0.25) is 0 Å². The number of carbonyl (C=O) groups excluding carboxylic acids is 1. The van der Waals surface area contributed by atoms with Crippen LogP contribution in [0.2, 0.25) is 0 Å². The van der Waals surface area contributed by atoms with Crippen molar-refractivity contribution in [2.24, 2.45) is 0 Å². The Morgan fingerprint density at radius 2 is 1.83 bits per heavy atom. The highest BCUT2D eigenvalue weighted by atomic mass is 16.5. The van der Waals surface area contributed by atoms with Gasteiger partial charge >= 0.3 is 0 Å². The number of ether oxygens (including phenoxy) is 2. The Bertz CT molecular complexity index is 386. The summed E-state index contributed by atoms with van der Waals surface area (Å²) in [6.45, 7) is 3.31. The van der Waals surface area contributed by atoms with Gasteiger partial charge in [-0.3, -0.25) is 4.79 Å². The molecule has 0 unspecified atom stereocenters. The maximum absolute atomic E-state index is 11.8. The summed E-state index contributed by atoms with van der Waals surface area (Å²) in [6, 6.07) is 7.21. The summed E-state index contributed by atoms with van der Waals surface area (Å²) in [4.78, 5) is 13.7. The standard InChI is InChI=1S/C13H18N2O3/c1-17-11-2-4-12(5-3-11)18-10-13(16)15-8-6-14-7-9-15/h2-5,14H,6-10H2,1H3. The number of amides is 1. The number of hydrogen-bond donors (Lipinski definition) is 1. The molecule has 18 heavy (non-hydrogen) atoms. The van der Waals surface area contributed by atoms with Crippen LogP contribution in [0.25, 0.3) is 0 Å². The van der Waals surface area contributed by atoms with Crippen LogP contribution in [-0.4, -0.2) is 50.7 Å². The van der Waals surface area contributed by atoms with Crippen molar-refractivity contribution in [3.05, 3.63) is 24.3 Å².